The van der Waals surface area contributed by atoms with E-state index in [0.717, 1.165) is 18.4 Å². The third kappa shape index (κ3) is 2.61. The summed E-state index contributed by atoms with van der Waals surface area (Å²) < 4.78 is 0. The molecule has 1 saturated heterocycles. The van der Waals surface area contributed by atoms with E-state index in [1.54, 1.807) is 0 Å². The fourth-order valence-electron chi connectivity index (χ4n) is 1.65. The molecule has 0 aliphatic carbocycles. The van der Waals surface area contributed by atoms with E-state index < -0.39 is 0 Å². The number of nitrogens with zero attached hydrogens (tertiary/aromatic N) is 1. The van der Waals surface area contributed by atoms with Crippen LogP contribution in [0.15, 0.2) is 12.7 Å². The minimum atomic E-state index is 0.816. The molecule has 0 radical (unpaired) electrons. The second-order valence-electron chi connectivity index (χ2n) is 3.91. The Kier molecular flexibility index (Phi) is 3.76. The summed E-state index contributed by atoms with van der Waals surface area (Å²) in [6.45, 7) is 10.7. The maximum Gasteiger partial charge on any atom is 0.0157 e. The fourth-order valence-corrected chi connectivity index (χ4v) is 1.65. The maximum atomic E-state index is 3.73. The van der Waals surface area contributed by atoms with Crippen molar-refractivity contribution in [3.63, 3.8) is 0 Å². The lowest BCUT2D eigenvalue weighted by Crippen LogP contribution is -2.47. The number of nitrogens with one attached hydrogen (secondary N) is 1. The molecule has 0 bridgehead atoms. The topological polar surface area (TPSA) is 15.3 Å². The van der Waals surface area contributed by atoms with Gasteiger partial charge in [0.1, 0.15) is 0 Å². The van der Waals surface area contributed by atoms with Gasteiger partial charge in [-0.2, -0.15) is 0 Å². The highest BCUT2D eigenvalue weighted by Crippen LogP contribution is 2.16. The molecule has 0 aromatic carbocycles. The van der Waals surface area contributed by atoms with Crippen LogP contribution in [0.2, 0.25) is 0 Å². The molecule has 2 heteroatoms. The lowest BCUT2D eigenvalue weighted by Gasteiger charge is -2.34. The quantitative estimate of drug-likeness (QED) is 0.615. The van der Waals surface area contributed by atoms with Gasteiger partial charge in [0.2, 0.25) is 0 Å². The first-order chi connectivity index (χ1) is 5.74. The molecule has 1 atom stereocenters. The third-order valence-electron chi connectivity index (χ3n) is 2.66. The maximum absolute atomic E-state index is 3.73. The molecular formula is C10H20N2. The van der Waals surface area contributed by atoms with E-state index in [2.05, 4.69) is 30.8 Å². The molecule has 70 valence electrons. The van der Waals surface area contributed by atoms with Crippen molar-refractivity contribution < 1.29 is 0 Å². The van der Waals surface area contributed by atoms with Gasteiger partial charge in [0, 0.05) is 13.1 Å². The van der Waals surface area contributed by atoms with Crippen molar-refractivity contribution in [3.8, 4) is 0 Å². The second-order valence-corrected chi connectivity index (χ2v) is 3.91. The summed E-state index contributed by atoms with van der Waals surface area (Å²) >= 11 is 0. The molecule has 0 aromatic rings. The zero-order chi connectivity index (χ0) is 8.97. The Morgan fingerprint density at radius 1 is 1.67 bits per heavy atom. The minimum absolute atomic E-state index is 0.816. The van der Waals surface area contributed by atoms with Gasteiger partial charge >= 0.3 is 0 Å². The van der Waals surface area contributed by atoms with E-state index in [9.17, 15) is 0 Å². The van der Waals surface area contributed by atoms with Gasteiger partial charge in [0.15, 0.2) is 0 Å². The van der Waals surface area contributed by atoms with Crippen molar-refractivity contribution in [2.24, 2.45) is 11.8 Å². The zero-order valence-electron chi connectivity index (χ0n) is 8.21. The lowest BCUT2D eigenvalue weighted by atomic mass is 9.89. The first-order valence-corrected chi connectivity index (χ1v) is 4.74. The summed E-state index contributed by atoms with van der Waals surface area (Å²) in [5.74, 6) is 1.72. The predicted octanol–water partition coefficient (Wildman–Crippen LogP) is 0.960. The SMILES string of the molecule is C=CCN(C)CC(C)C1CNC1. The van der Waals surface area contributed by atoms with E-state index in [1.807, 2.05) is 6.08 Å². The van der Waals surface area contributed by atoms with Gasteiger partial charge in [-0.25, -0.2) is 0 Å². The van der Waals surface area contributed by atoms with Crippen LogP contribution in [0.4, 0.5) is 0 Å². The Morgan fingerprint density at radius 2 is 2.33 bits per heavy atom. The largest absolute Gasteiger partial charge is 0.316 e. The van der Waals surface area contributed by atoms with Gasteiger partial charge < -0.3 is 10.2 Å². The van der Waals surface area contributed by atoms with Crippen LogP contribution in [0.1, 0.15) is 6.92 Å². The Labute approximate surface area is 75.6 Å². The van der Waals surface area contributed by atoms with E-state index >= 15 is 0 Å². The van der Waals surface area contributed by atoms with Crippen LogP contribution in [0.3, 0.4) is 0 Å². The highest BCUT2D eigenvalue weighted by molar-refractivity contribution is 4.81. The summed E-state index contributed by atoms with van der Waals surface area (Å²) in [5, 5.41) is 3.31. The van der Waals surface area contributed by atoms with Gasteiger partial charge in [-0.3, -0.25) is 0 Å². The lowest BCUT2D eigenvalue weighted by molar-refractivity contribution is 0.194. The Bertz CT molecular complexity index is 141. The zero-order valence-corrected chi connectivity index (χ0v) is 8.21. The molecule has 0 saturated carbocycles. The van der Waals surface area contributed by atoms with Crippen LogP contribution in [0.25, 0.3) is 0 Å². The average molecular weight is 168 g/mol. The summed E-state index contributed by atoms with van der Waals surface area (Å²) in [5.41, 5.74) is 0. The van der Waals surface area contributed by atoms with Gasteiger partial charge in [-0.1, -0.05) is 13.0 Å². The van der Waals surface area contributed by atoms with Crippen LogP contribution in [0, 0.1) is 11.8 Å². The second kappa shape index (κ2) is 4.63. The van der Waals surface area contributed by atoms with Gasteiger partial charge in [0.25, 0.3) is 0 Å². The van der Waals surface area contributed by atoms with Crippen LogP contribution in [-0.2, 0) is 0 Å². The normalized spacial score (nSPS) is 20.6. The molecule has 0 spiro atoms. The number of hydrogen-bond acceptors (Lipinski definition) is 2. The summed E-state index contributed by atoms with van der Waals surface area (Å²) in [6, 6.07) is 0. The Morgan fingerprint density at radius 3 is 2.75 bits per heavy atom. The van der Waals surface area contributed by atoms with E-state index in [0.29, 0.717) is 0 Å². The van der Waals surface area contributed by atoms with E-state index in [4.69, 9.17) is 0 Å². The monoisotopic (exact) mass is 168 g/mol. The molecule has 1 N–H and O–H groups in total. The van der Waals surface area contributed by atoms with Crippen LogP contribution < -0.4 is 5.32 Å². The molecule has 1 fully saturated rings. The molecule has 1 rings (SSSR count). The third-order valence-corrected chi connectivity index (χ3v) is 2.66. The number of hydrogen-bond donors (Lipinski definition) is 1. The van der Waals surface area contributed by atoms with Crippen molar-refractivity contribution in [1.82, 2.24) is 10.2 Å². The van der Waals surface area contributed by atoms with Crippen molar-refractivity contribution in [2.75, 3.05) is 33.2 Å². The number of rotatable bonds is 5. The molecule has 12 heavy (non-hydrogen) atoms. The summed E-state index contributed by atoms with van der Waals surface area (Å²) in [6.07, 6.45) is 1.96. The fraction of sp³-hybridized carbons (Fsp3) is 0.800. The molecular weight excluding hydrogens is 148 g/mol. The first-order valence-electron chi connectivity index (χ1n) is 4.74. The minimum Gasteiger partial charge on any atom is -0.316 e. The van der Waals surface area contributed by atoms with Crippen molar-refractivity contribution >= 4 is 0 Å². The molecule has 0 aromatic heterocycles. The predicted molar refractivity (Wildman–Crippen MR) is 53.2 cm³/mol. The smallest absolute Gasteiger partial charge is 0.0157 e. The first kappa shape index (κ1) is 9.75. The molecule has 1 aliphatic rings. The van der Waals surface area contributed by atoms with Crippen LogP contribution in [-0.4, -0.2) is 38.1 Å². The number of likely N-dealkylation sites (N-methyl/N-ethyl adjacent to an activating group) is 1. The molecule has 0 amide bonds. The Balaban J connectivity index is 2.15. The van der Waals surface area contributed by atoms with Crippen molar-refractivity contribution in [3.05, 3.63) is 12.7 Å². The van der Waals surface area contributed by atoms with E-state index in [-0.39, 0.29) is 0 Å². The highest BCUT2D eigenvalue weighted by Gasteiger charge is 2.23. The van der Waals surface area contributed by atoms with Crippen molar-refractivity contribution in [2.45, 2.75) is 6.92 Å². The van der Waals surface area contributed by atoms with Gasteiger partial charge in [0.05, 0.1) is 0 Å². The summed E-state index contributed by atoms with van der Waals surface area (Å²) in [4.78, 5) is 2.33. The van der Waals surface area contributed by atoms with Crippen LogP contribution in [0.5, 0.6) is 0 Å². The van der Waals surface area contributed by atoms with Gasteiger partial charge in [-0.05, 0) is 32.0 Å². The standard InChI is InChI=1S/C10H20N2/c1-4-5-12(3)8-9(2)10-6-11-7-10/h4,9-11H,1,5-8H2,2-3H3. The summed E-state index contributed by atoms with van der Waals surface area (Å²) in [7, 11) is 2.16. The molecule has 2 nitrogen and oxygen atoms in total. The van der Waals surface area contributed by atoms with Crippen molar-refractivity contribution in [1.29, 1.82) is 0 Å². The Hall–Kier alpha value is -0.340. The molecule has 1 unspecified atom stereocenters. The molecule has 1 aliphatic heterocycles. The van der Waals surface area contributed by atoms with E-state index in [1.165, 1.54) is 19.6 Å². The van der Waals surface area contributed by atoms with Crippen LogP contribution >= 0.6 is 0 Å². The highest BCUT2D eigenvalue weighted by atomic mass is 15.1. The molecule has 1 heterocycles. The average Bonchev–Trinajstić information content (AvgIpc) is 1.82. The van der Waals surface area contributed by atoms with Gasteiger partial charge in [-0.15, -0.1) is 6.58 Å².